The summed E-state index contributed by atoms with van der Waals surface area (Å²) in [4.78, 5) is 9.28. The second-order valence-corrected chi connectivity index (χ2v) is 6.89. The van der Waals surface area contributed by atoms with E-state index in [1.54, 1.807) is 6.20 Å². The maximum absolute atomic E-state index is 5.47. The van der Waals surface area contributed by atoms with Gasteiger partial charge in [0.2, 0.25) is 12.7 Å². The number of nitrogens with one attached hydrogen (secondary N) is 1. The SMILES string of the molecule is CC(C)Nc1nncc(N2CCN(Cc3ccc4c(c3)OCO4)CC2)n1. The molecule has 0 radical (unpaired) electrons. The zero-order chi connectivity index (χ0) is 17.9. The topological polar surface area (TPSA) is 75.6 Å². The van der Waals surface area contributed by atoms with Crippen LogP contribution in [0.5, 0.6) is 11.5 Å². The highest BCUT2D eigenvalue weighted by Crippen LogP contribution is 2.32. The van der Waals surface area contributed by atoms with Gasteiger partial charge in [-0.15, -0.1) is 5.10 Å². The standard InChI is InChI=1S/C18H24N6O2/c1-13(2)20-18-21-17(10-19-22-18)24-7-5-23(6-8-24)11-14-3-4-15-16(9-14)26-12-25-15/h3-4,9-10,13H,5-8,11-12H2,1-2H3,(H,20,21,22). The molecule has 2 aliphatic rings. The minimum absolute atomic E-state index is 0.283. The number of nitrogens with zero attached hydrogens (tertiary/aromatic N) is 5. The number of ether oxygens (including phenoxy) is 2. The lowest BCUT2D eigenvalue weighted by Gasteiger charge is -2.35. The van der Waals surface area contributed by atoms with Crippen LogP contribution in [-0.2, 0) is 6.54 Å². The monoisotopic (exact) mass is 356 g/mol. The molecule has 1 saturated heterocycles. The molecule has 3 heterocycles. The number of benzene rings is 1. The number of aromatic nitrogens is 3. The molecule has 8 heteroatoms. The summed E-state index contributed by atoms with van der Waals surface area (Å²) >= 11 is 0. The summed E-state index contributed by atoms with van der Waals surface area (Å²) in [6.07, 6.45) is 1.74. The fourth-order valence-electron chi connectivity index (χ4n) is 3.20. The first-order chi connectivity index (χ1) is 12.7. The maximum Gasteiger partial charge on any atom is 0.244 e. The molecule has 0 aliphatic carbocycles. The van der Waals surface area contributed by atoms with Gasteiger partial charge in [0, 0.05) is 38.8 Å². The Labute approximate surface area is 153 Å². The van der Waals surface area contributed by atoms with E-state index in [4.69, 9.17) is 9.47 Å². The van der Waals surface area contributed by atoms with E-state index in [1.165, 1.54) is 5.56 Å². The van der Waals surface area contributed by atoms with Gasteiger partial charge in [-0.1, -0.05) is 6.07 Å². The van der Waals surface area contributed by atoms with Crippen molar-refractivity contribution in [1.82, 2.24) is 20.1 Å². The lowest BCUT2D eigenvalue weighted by molar-refractivity contribution is 0.174. The first-order valence-corrected chi connectivity index (χ1v) is 8.99. The van der Waals surface area contributed by atoms with Crippen molar-refractivity contribution in [3.8, 4) is 11.5 Å². The third kappa shape index (κ3) is 3.80. The van der Waals surface area contributed by atoms with E-state index < -0.39 is 0 Å². The van der Waals surface area contributed by atoms with Crippen molar-refractivity contribution in [2.75, 3.05) is 43.2 Å². The lowest BCUT2D eigenvalue weighted by atomic mass is 10.1. The second-order valence-electron chi connectivity index (χ2n) is 6.89. The summed E-state index contributed by atoms with van der Waals surface area (Å²) < 4.78 is 10.8. The summed E-state index contributed by atoms with van der Waals surface area (Å²) in [7, 11) is 0. The van der Waals surface area contributed by atoms with Gasteiger partial charge in [0.15, 0.2) is 17.3 Å². The number of hydrogen-bond donors (Lipinski definition) is 1. The zero-order valence-electron chi connectivity index (χ0n) is 15.2. The van der Waals surface area contributed by atoms with Crippen molar-refractivity contribution in [3.63, 3.8) is 0 Å². The highest BCUT2D eigenvalue weighted by Gasteiger charge is 2.20. The van der Waals surface area contributed by atoms with Crippen LogP contribution in [0.25, 0.3) is 0 Å². The van der Waals surface area contributed by atoms with Crippen LogP contribution in [-0.4, -0.2) is 59.1 Å². The van der Waals surface area contributed by atoms with Gasteiger partial charge in [0.05, 0.1) is 6.20 Å². The van der Waals surface area contributed by atoms with Crippen molar-refractivity contribution in [2.24, 2.45) is 0 Å². The maximum atomic E-state index is 5.47. The van der Waals surface area contributed by atoms with E-state index in [0.717, 1.165) is 50.0 Å². The third-order valence-electron chi connectivity index (χ3n) is 4.50. The third-order valence-corrected chi connectivity index (χ3v) is 4.50. The number of piperazine rings is 1. The molecule has 0 amide bonds. The van der Waals surface area contributed by atoms with Gasteiger partial charge >= 0.3 is 0 Å². The van der Waals surface area contributed by atoms with Crippen LogP contribution in [0.2, 0.25) is 0 Å². The Bertz CT molecular complexity index is 761. The molecule has 2 aromatic rings. The van der Waals surface area contributed by atoms with Gasteiger partial charge in [-0.05, 0) is 31.5 Å². The van der Waals surface area contributed by atoms with Crippen molar-refractivity contribution in [1.29, 1.82) is 0 Å². The Kier molecular flexibility index (Phi) is 4.75. The van der Waals surface area contributed by atoms with Crippen LogP contribution >= 0.6 is 0 Å². The van der Waals surface area contributed by atoms with Crippen molar-refractivity contribution in [3.05, 3.63) is 30.0 Å². The molecule has 0 unspecified atom stereocenters. The van der Waals surface area contributed by atoms with E-state index in [1.807, 2.05) is 6.07 Å². The molecule has 8 nitrogen and oxygen atoms in total. The summed E-state index contributed by atoms with van der Waals surface area (Å²) in [5.74, 6) is 3.14. The second kappa shape index (κ2) is 7.33. The number of anilines is 2. The molecular weight excluding hydrogens is 332 g/mol. The highest BCUT2D eigenvalue weighted by atomic mass is 16.7. The van der Waals surface area contributed by atoms with Gasteiger partial charge in [0.25, 0.3) is 0 Å². The normalized spacial score (nSPS) is 17.0. The molecular formula is C18H24N6O2. The van der Waals surface area contributed by atoms with Crippen LogP contribution in [0.1, 0.15) is 19.4 Å². The summed E-state index contributed by atoms with van der Waals surface area (Å²) in [6, 6.07) is 6.46. The predicted octanol–water partition coefficient (Wildman–Crippen LogP) is 1.74. The van der Waals surface area contributed by atoms with E-state index in [9.17, 15) is 0 Å². The van der Waals surface area contributed by atoms with E-state index in [2.05, 4.69) is 56.3 Å². The predicted molar refractivity (Wildman–Crippen MR) is 98.6 cm³/mol. The van der Waals surface area contributed by atoms with Crippen molar-refractivity contribution < 1.29 is 9.47 Å². The average Bonchev–Trinajstić information content (AvgIpc) is 3.10. The number of hydrogen-bond acceptors (Lipinski definition) is 8. The molecule has 0 bridgehead atoms. The molecule has 1 N–H and O–H groups in total. The van der Waals surface area contributed by atoms with Gasteiger partial charge in [-0.25, -0.2) is 0 Å². The molecule has 0 saturated carbocycles. The summed E-state index contributed by atoms with van der Waals surface area (Å²) in [6.45, 7) is 9.14. The number of rotatable bonds is 5. The van der Waals surface area contributed by atoms with Gasteiger partial charge in [-0.3, -0.25) is 4.90 Å². The fraction of sp³-hybridized carbons (Fsp3) is 0.500. The first-order valence-electron chi connectivity index (χ1n) is 8.99. The van der Waals surface area contributed by atoms with Crippen molar-refractivity contribution in [2.45, 2.75) is 26.4 Å². The van der Waals surface area contributed by atoms with Crippen LogP contribution in [0.4, 0.5) is 11.8 Å². The Morgan fingerprint density at radius 2 is 1.92 bits per heavy atom. The van der Waals surface area contributed by atoms with E-state index >= 15 is 0 Å². The number of fused-ring (bicyclic) bond motifs is 1. The Morgan fingerprint density at radius 3 is 2.73 bits per heavy atom. The molecule has 4 rings (SSSR count). The first kappa shape index (κ1) is 16.8. The molecule has 138 valence electrons. The van der Waals surface area contributed by atoms with E-state index in [-0.39, 0.29) is 6.04 Å². The van der Waals surface area contributed by atoms with Crippen molar-refractivity contribution >= 4 is 11.8 Å². The molecule has 1 aromatic heterocycles. The molecule has 26 heavy (non-hydrogen) atoms. The molecule has 0 spiro atoms. The average molecular weight is 356 g/mol. The molecule has 1 fully saturated rings. The minimum atomic E-state index is 0.283. The van der Waals surface area contributed by atoms with Gasteiger partial charge < -0.3 is 19.7 Å². The van der Waals surface area contributed by atoms with Gasteiger partial charge in [0.1, 0.15) is 0 Å². The molecule has 1 aromatic carbocycles. The lowest BCUT2D eigenvalue weighted by Crippen LogP contribution is -2.46. The Hall–Kier alpha value is -2.61. The molecule has 0 atom stereocenters. The van der Waals surface area contributed by atoms with Crippen LogP contribution < -0.4 is 19.7 Å². The fourth-order valence-corrected chi connectivity index (χ4v) is 3.20. The summed E-state index contributed by atoms with van der Waals surface area (Å²) in [5, 5.41) is 11.3. The Balaban J connectivity index is 1.34. The molecule has 2 aliphatic heterocycles. The smallest absolute Gasteiger partial charge is 0.244 e. The highest BCUT2D eigenvalue weighted by molar-refractivity contribution is 5.44. The zero-order valence-corrected chi connectivity index (χ0v) is 15.2. The van der Waals surface area contributed by atoms with Crippen LogP contribution in [0, 0.1) is 0 Å². The minimum Gasteiger partial charge on any atom is -0.454 e. The summed E-state index contributed by atoms with van der Waals surface area (Å²) in [5.41, 5.74) is 1.25. The van der Waals surface area contributed by atoms with Gasteiger partial charge in [-0.2, -0.15) is 10.1 Å². The van der Waals surface area contributed by atoms with Crippen LogP contribution in [0.3, 0.4) is 0 Å². The largest absolute Gasteiger partial charge is 0.454 e. The van der Waals surface area contributed by atoms with E-state index in [0.29, 0.717) is 12.7 Å². The quantitative estimate of drug-likeness (QED) is 0.868. The Morgan fingerprint density at radius 1 is 1.12 bits per heavy atom. The van der Waals surface area contributed by atoms with Crippen LogP contribution in [0.15, 0.2) is 24.4 Å².